The van der Waals surface area contributed by atoms with Gasteiger partial charge in [-0.2, -0.15) is 0 Å². The van der Waals surface area contributed by atoms with E-state index in [1.807, 2.05) is 36.6 Å². The highest BCUT2D eigenvalue weighted by molar-refractivity contribution is 7.16. The Hall–Kier alpha value is -3.38. The minimum atomic E-state index is -0.0839. The van der Waals surface area contributed by atoms with Gasteiger partial charge in [-0.1, -0.05) is 45.0 Å². The third-order valence-corrected chi connectivity index (χ3v) is 8.33. The minimum Gasteiger partial charge on any atom is -0.467 e. The van der Waals surface area contributed by atoms with Gasteiger partial charge in [0.05, 0.1) is 18.4 Å². The first-order valence-corrected chi connectivity index (χ1v) is 13.3. The van der Waals surface area contributed by atoms with E-state index in [4.69, 9.17) is 9.41 Å². The van der Waals surface area contributed by atoms with E-state index >= 15 is 0 Å². The van der Waals surface area contributed by atoms with Crippen LogP contribution in [0.15, 0.2) is 70.9 Å². The fraction of sp³-hybridized carbons (Fsp3) is 0.333. The van der Waals surface area contributed by atoms with Gasteiger partial charge in [-0.25, -0.2) is 4.99 Å². The smallest absolute Gasteiger partial charge is 0.255 e. The molecule has 0 saturated carbocycles. The lowest BCUT2D eigenvalue weighted by Gasteiger charge is -2.33. The number of aromatic nitrogens is 1. The summed E-state index contributed by atoms with van der Waals surface area (Å²) in [6.07, 6.45) is 10.5. The largest absolute Gasteiger partial charge is 0.467 e. The third-order valence-electron chi connectivity index (χ3n) is 7.17. The Kier molecular flexibility index (Phi) is 6.71. The molecular formula is C30H33N3O2S. The minimum absolute atomic E-state index is 0.0839. The van der Waals surface area contributed by atoms with Crippen LogP contribution in [0.5, 0.6) is 0 Å². The lowest BCUT2D eigenvalue weighted by molar-refractivity contribution is 0.0947. The van der Waals surface area contributed by atoms with E-state index in [2.05, 4.69) is 55.6 Å². The van der Waals surface area contributed by atoms with E-state index in [1.54, 1.807) is 17.6 Å². The van der Waals surface area contributed by atoms with Gasteiger partial charge >= 0.3 is 0 Å². The van der Waals surface area contributed by atoms with E-state index in [0.29, 0.717) is 12.5 Å². The van der Waals surface area contributed by atoms with Crippen LogP contribution >= 0.6 is 11.3 Å². The molecule has 3 aromatic heterocycles. The standard InChI is InChI=1S/C30H33N3O2S/c1-5-14-33-19-20(23-10-6-7-11-25(23)33)17-32-29-27(28(34)31-18-22-9-8-15-35-22)24-13-12-21(30(2,3)4)16-26(24)36-29/h5-11,15,17,19,21H,1,12-14,16,18H2,2-4H3,(H,31,34)/t21-/m1/s1. The molecule has 1 amide bonds. The van der Waals surface area contributed by atoms with Crippen molar-refractivity contribution in [2.45, 2.75) is 53.1 Å². The first kappa shape index (κ1) is 24.3. The molecule has 1 aliphatic carbocycles. The van der Waals surface area contributed by atoms with Gasteiger partial charge in [0.15, 0.2) is 0 Å². The van der Waals surface area contributed by atoms with Crippen LogP contribution in [0.2, 0.25) is 0 Å². The lowest BCUT2D eigenvalue weighted by Crippen LogP contribution is -2.28. The Labute approximate surface area is 216 Å². The molecule has 0 fully saturated rings. The number of amides is 1. The van der Waals surface area contributed by atoms with E-state index < -0.39 is 0 Å². The maximum Gasteiger partial charge on any atom is 0.255 e. The number of benzene rings is 1. The van der Waals surface area contributed by atoms with Crippen molar-refractivity contribution in [2.24, 2.45) is 16.3 Å². The van der Waals surface area contributed by atoms with Gasteiger partial charge in [-0.15, -0.1) is 17.9 Å². The number of furan rings is 1. The first-order valence-electron chi connectivity index (χ1n) is 12.5. The average molecular weight is 500 g/mol. The summed E-state index contributed by atoms with van der Waals surface area (Å²) in [4.78, 5) is 19.7. The summed E-state index contributed by atoms with van der Waals surface area (Å²) in [6, 6.07) is 12.0. The van der Waals surface area contributed by atoms with E-state index in [0.717, 1.165) is 58.6 Å². The molecule has 5 nitrogen and oxygen atoms in total. The van der Waals surface area contributed by atoms with Crippen molar-refractivity contribution in [2.75, 3.05) is 0 Å². The van der Waals surface area contributed by atoms with Crippen LogP contribution in [-0.4, -0.2) is 16.7 Å². The summed E-state index contributed by atoms with van der Waals surface area (Å²) < 4.78 is 7.59. The fourth-order valence-electron chi connectivity index (χ4n) is 5.10. The van der Waals surface area contributed by atoms with Crippen LogP contribution < -0.4 is 5.32 Å². The summed E-state index contributed by atoms with van der Waals surface area (Å²) in [6.45, 7) is 11.9. The molecule has 0 saturated heterocycles. The molecule has 0 unspecified atom stereocenters. The molecule has 0 radical (unpaired) electrons. The number of hydrogen-bond acceptors (Lipinski definition) is 4. The van der Waals surface area contributed by atoms with Gasteiger partial charge in [0.2, 0.25) is 0 Å². The van der Waals surface area contributed by atoms with Gasteiger partial charge in [0.1, 0.15) is 10.8 Å². The molecular weight excluding hydrogens is 466 g/mol. The monoisotopic (exact) mass is 499 g/mol. The summed E-state index contributed by atoms with van der Waals surface area (Å²) in [5.74, 6) is 1.25. The van der Waals surface area contributed by atoms with E-state index in [-0.39, 0.29) is 11.3 Å². The van der Waals surface area contributed by atoms with Crippen molar-refractivity contribution in [3.05, 3.63) is 88.8 Å². The zero-order chi connectivity index (χ0) is 25.3. The van der Waals surface area contributed by atoms with E-state index in [9.17, 15) is 4.79 Å². The number of hydrogen-bond donors (Lipinski definition) is 1. The van der Waals surface area contributed by atoms with Gasteiger partial charge in [-0.05, 0) is 54.4 Å². The number of para-hydroxylation sites is 1. The second-order valence-corrected chi connectivity index (χ2v) is 11.6. The quantitative estimate of drug-likeness (QED) is 0.214. The van der Waals surface area contributed by atoms with Crippen LogP contribution in [0.25, 0.3) is 10.9 Å². The second kappa shape index (κ2) is 9.94. The lowest BCUT2D eigenvalue weighted by atomic mass is 9.72. The molecule has 36 heavy (non-hydrogen) atoms. The number of nitrogens with one attached hydrogen (secondary N) is 1. The fourth-order valence-corrected chi connectivity index (χ4v) is 6.37. The molecule has 0 bridgehead atoms. The van der Waals surface area contributed by atoms with Crippen molar-refractivity contribution in [3.8, 4) is 0 Å². The Morgan fingerprint density at radius 3 is 2.86 bits per heavy atom. The molecule has 6 heteroatoms. The highest BCUT2D eigenvalue weighted by Gasteiger charge is 2.33. The summed E-state index contributed by atoms with van der Waals surface area (Å²) in [5, 5.41) is 4.98. The third kappa shape index (κ3) is 4.82. The molecule has 0 spiro atoms. The van der Waals surface area contributed by atoms with Gasteiger partial charge in [0.25, 0.3) is 5.91 Å². The van der Waals surface area contributed by atoms with Gasteiger partial charge < -0.3 is 14.3 Å². The van der Waals surface area contributed by atoms with Crippen LogP contribution in [0.4, 0.5) is 5.00 Å². The number of aliphatic imine (C=N–C) groups is 1. The zero-order valence-electron chi connectivity index (χ0n) is 21.2. The molecule has 1 aliphatic rings. The number of carbonyl (C=O) groups excluding carboxylic acids is 1. The van der Waals surface area contributed by atoms with Crippen molar-refractivity contribution < 1.29 is 9.21 Å². The summed E-state index contributed by atoms with van der Waals surface area (Å²) in [7, 11) is 0. The summed E-state index contributed by atoms with van der Waals surface area (Å²) in [5.41, 5.74) is 4.31. The number of fused-ring (bicyclic) bond motifs is 2. The maximum atomic E-state index is 13.5. The normalized spacial score (nSPS) is 15.9. The van der Waals surface area contributed by atoms with Crippen molar-refractivity contribution >= 4 is 39.4 Å². The Morgan fingerprint density at radius 2 is 2.11 bits per heavy atom. The number of rotatable bonds is 7. The summed E-state index contributed by atoms with van der Waals surface area (Å²) >= 11 is 1.67. The first-order chi connectivity index (χ1) is 17.3. The van der Waals surface area contributed by atoms with E-state index in [1.165, 1.54) is 10.4 Å². The molecule has 5 rings (SSSR count). The highest BCUT2D eigenvalue weighted by atomic mass is 32.1. The molecule has 1 atom stereocenters. The van der Waals surface area contributed by atoms with Crippen molar-refractivity contribution in [1.82, 2.24) is 9.88 Å². The average Bonchev–Trinajstić information content (AvgIpc) is 3.58. The molecule has 1 aromatic carbocycles. The SMILES string of the molecule is C=CCn1cc(C=Nc2sc3c(c2C(=O)NCc2ccco2)CC[C@@H](C(C)(C)C)C3)c2ccccc21. The van der Waals surface area contributed by atoms with Crippen LogP contribution in [0.3, 0.4) is 0 Å². The number of allylic oxidation sites excluding steroid dienone is 1. The Bertz CT molecular complexity index is 1420. The number of carbonyl (C=O) groups is 1. The number of thiophene rings is 1. The van der Waals surface area contributed by atoms with Gasteiger partial charge in [0, 0.05) is 40.3 Å². The molecule has 1 N–H and O–H groups in total. The Morgan fingerprint density at radius 1 is 1.28 bits per heavy atom. The maximum absolute atomic E-state index is 13.5. The molecule has 186 valence electrons. The van der Waals surface area contributed by atoms with Crippen LogP contribution in [0.1, 0.15) is 59.3 Å². The molecule has 0 aliphatic heterocycles. The van der Waals surface area contributed by atoms with Crippen molar-refractivity contribution in [3.63, 3.8) is 0 Å². The topological polar surface area (TPSA) is 59.5 Å². The zero-order valence-corrected chi connectivity index (χ0v) is 22.0. The van der Waals surface area contributed by atoms with Crippen molar-refractivity contribution in [1.29, 1.82) is 0 Å². The molecule has 3 heterocycles. The second-order valence-electron chi connectivity index (χ2n) is 10.6. The Balaban J connectivity index is 1.51. The highest BCUT2D eigenvalue weighted by Crippen LogP contribution is 2.45. The van der Waals surface area contributed by atoms with Gasteiger partial charge in [-0.3, -0.25) is 4.79 Å². The number of nitrogens with zero attached hydrogens (tertiary/aromatic N) is 2. The molecule has 4 aromatic rings. The van der Waals surface area contributed by atoms with Crippen LogP contribution in [-0.2, 0) is 25.9 Å². The van der Waals surface area contributed by atoms with Crippen LogP contribution in [0, 0.1) is 11.3 Å². The predicted octanol–water partition coefficient (Wildman–Crippen LogP) is 7.31. The predicted molar refractivity (Wildman–Crippen MR) is 149 cm³/mol.